The van der Waals surface area contributed by atoms with Gasteiger partial charge in [-0.2, -0.15) is 0 Å². The van der Waals surface area contributed by atoms with Crippen molar-refractivity contribution in [2.45, 2.75) is 32.4 Å². The third kappa shape index (κ3) is 4.46. The standard InChI is InChI=1S/C13H19ClN2O/c1-13(2,3)16-11(8-15)12(17)9-5-4-6-10(14)7-9/h4-7,11,16H,8,15H2,1-3H3. The van der Waals surface area contributed by atoms with Crippen molar-refractivity contribution in [3.63, 3.8) is 0 Å². The van der Waals surface area contributed by atoms with Crippen molar-refractivity contribution in [3.8, 4) is 0 Å². The average molecular weight is 255 g/mol. The number of nitrogens with one attached hydrogen (secondary N) is 1. The zero-order valence-electron chi connectivity index (χ0n) is 10.5. The molecule has 0 bridgehead atoms. The first-order valence-corrected chi connectivity index (χ1v) is 5.99. The molecular weight excluding hydrogens is 236 g/mol. The molecule has 1 aromatic carbocycles. The SMILES string of the molecule is CC(C)(C)NC(CN)C(=O)c1cccc(Cl)c1. The number of carbonyl (C=O) groups excluding carboxylic acids is 1. The number of halogens is 1. The molecule has 3 nitrogen and oxygen atoms in total. The van der Waals surface area contributed by atoms with Gasteiger partial charge in [-0.3, -0.25) is 4.79 Å². The second-order valence-corrected chi connectivity index (χ2v) is 5.49. The molecule has 1 unspecified atom stereocenters. The molecule has 0 amide bonds. The van der Waals surface area contributed by atoms with Crippen LogP contribution in [0, 0.1) is 0 Å². The van der Waals surface area contributed by atoms with Crippen molar-refractivity contribution >= 4 is 17.4 Å². The summed E-state index contributed by atoms with van der Waals surface area (Å²) in [7, 11) is 0. The first kappa shape index (κ1) is 14.2. The highest BCUT2D eigenvalue weighted by molar-refractivity contribution is 6.31. The molecule has 0 aliphatic carbocycles. The van der Waals surface area contributed by atoms with Crippen LogP contribution in [-0.2, 0) is 0 Å². The first-order chi connectivity index (χ1) is 7.83. The lowest BCUT2D eigenvalue weighted by Crippen LogP contribution is -2.51. The summed E-state index contributed by atoms with van der Waals surface area (Å²) in [6, 6.07) is 6.54. The number of Topliss-reactive ketones (excluding diaryl/α,β-unsaturated/α-hetero) is 1. The molecule has 0 fully saturated rings. The van der Waals surface area contributed by atoms with Gasteiger partial charge in [0.2, 0.25) is 0 Å². The highest BCUT2D eigenvalue weighted by Crippen LogP contribution is 2.13. The van der Waals surface area contributed by atoms with Crippen molar-refractivity contribution < 1.29 is 4.79 Å². The van der Waals surface area contributed by atoms with Crippen LogP contribution in [0.2, 0.25) is 5.02 Å². The summed E-state index contributed by atoms with van der Waals surface area (Å²) in [4.78, 5) is 12.2. The minimum atomic E-state index is -0.381. The molecule has 94 valence electrons. The molecule has 0 aliphatic rings. The van der Waals surface area contributed by atoms with Gasteiger partial charge in [0, 0.05) is 22.7 Å². The van der Waals surface area contributed by atoms with Gasteiger partial charge < -0.3 is 11.1 Å². The Morgan fingerprint density at radius 2 is 2.12 bits per heavy atom. The number of benzene rings is 1. The molecule has 1 atom stereocenters. The van der Waals surface area contributed by atoms with Crippen molar-refractivity contribution in [3.05, 3.63) is 34.9 Å². The van der Waals surface area contributed by atoms with Crippen LogP contribution < -0.4 is 11.1 Å². The molecule has 0 saturated carbocycles. The molecule has 0 heterocycles. The van der Waals surface area contributed by atoms with Crippen LogP contribution in [0.3, 0.4) is 0 Å². The van der Waals surface area contributed by atoms with Crippen LogP contribution in [0.15, 0.2) is 24.3 Å². The molecule has 0 radical (unpaired) electrons. The predicted molar refractivity (Wildman–Crippen MR) is 71.5 cm³/mol. The third-order valence-electron chi connectivity index (χ3n) is 2.27. The quantitative estimate of drug-likeness (QED) is 0.811. The Morgan fingerprint density at radius 1 is 1.47 bits per heavy atom. The van der Waals surface area contributed by atoms with E-state index < -0.39 is 0 Å². The molecule has 1 aromatic rings. The topological polar surface area (TPSA) is 55.1 Å². The first-order valence-electron chi connectivity index (χ1n) is 5.61. The van der Waals surface area contributed by atoms with E-state index >= 15 is 0 Å². The molecule has 0 aromatic heterocycles. The van der Waals surface area contributed by atoms with E-state index in [0.717, 1.165) is 0 Å². The van der Waals surface area contributed by atoms with Gasteiger partial charge in [0.25, 0.3) is 0 Å². The lowest BCUT2D eigenvalue weighted by Gasteiger charge is -2.26. The van der Waals surface area contributed by atoms with Gasteiger partial charge >= 0.3 is 0 Å². The Hall–Kier alpha value is -0.900. The van der Waals surface area contributed by atoms with Crippen LogP contribution in [0.5, 0.6) is 0 Å². The highest BCUT2D eigenvalue weighted by atomic mass is 35.5. The minimum Gasteiger partial charge on any atom is -0.328 e. The van der Waals surface area contributed by atoms with Crippen LogP contribution in [0.1, 0.15) is 31.1 Å². The number of ketones is 1. The van der Waals surface area contributed by atoms with Crippen molar-refractivity contribution in [2.75, 3.05) is 6.54 Å². The zero-order valence-corrected chi connectivity index (χ0v) is 11.2. The van der Waals surface area contributed by atoms with Crippen LogP contribution in [0.4, 0.5) is 0 Å². The summed E-state index contributed by atoms with van der Waals surface area (Å²) >= 11 is 5.87. The molecule has 0 saturated heterocycles. The Kier molecular flexibility index (Phi) is 4.69. The maximum atomic E-state index is 12.2. The van der Waals surface area contributed by atoms with E-state index in [-0.39, 0.29) is 23.9 Å². The van der Waals surface area contributed by atoms with E-state index in [1.54, 1.807) is 24.3 Å². The second kappa shape index (κ2) is 5.63. The van der Waals surface area contributed by atoms with E-state index in [4.69, 9.17) is 17.3 Å². The van der Waals surface area contributed by atoms with Gasteiger partial charge in [-0.1, -0.05) is 23.7 Å². The van der Waals surface area contributed by atoms with Gasteiger partial charge in [-0.25, -0.2) is 0 Å². The third-order valence-corrected chi connectivity index (χ3v) is 2.50. The van der Waals surface area contributed by atoms with Crippen LogP contribution >= 0.6 is 11.6 Å². The molecule has 0 spiro atoms. The normalized spacial score (nSPS) is 13.5. The number of rotatable bonds is 4. The van der Waals surface area contributed by atoms with E-state index in [1.807, 2.05) is 20.8 Å². The van der Waals surface area contributed by atoms with E-state index in [1.165, 1.54) is 0 Å². The predicted octanol–water partition coefficient (Wildman–Crippen LogP) is 2.24. The summed E-state index contributed by atoms with van der Waals surface area (Å²) in [5, 5.41) is 3.76. The smallest absolute Gasteiger partial charge is 0.181 e. The summed E-state index contributed by atoms with van der Waals surface area (Å²) in [6.45, 7) is 6.27. The summed E-state index contributed by atoms with van der Waals surface area (Å²) in [6.07, 6.45) is 0. The minimum absolute atomic E-state index is 0.0232. The maximum absolute atomic E-state index is 12.2. The van der Waals surface area contributed by atoms with Gasteiger partial charge in [0.15, 0.2) is 5.78 Å². The summed E-state index contributed by atoms with van der Waals surface area (Å²) in [5.41, 5.74) is 6.07. The fourth-order valence-electron chi connectivity index (χ4n) is 1.60. The van der Waals surface area contributed by atoms with Crippen molar-refractivity contribution in [1.29, 1.82) is 0 Å². The Bertz CT molecular complexity index is 399. The largest absolute Gasteiger partial charge is 0.328 e. The lowest BCUT2D eigenvalue weighted by atomic mass is 10.0. The maximum Gasteiger partial charge on any atom is 0.181 e. The van der Waals surface area contributed by atoms with Crippen molar-refractivity contribution in [2.24, 2.45) is 5.73 Å². The fraction of sp³-hybridized carbons (Fsp3) is 0.462. The van der Waals surface area contributed by atoms with Crippen LogP contribution in [0.25, 0.3) is 0 Å². The number of nitrogens with two attached hydrogens (primary N) is 1. The molecule has 1 rings (SSSR count). The number of hydrogen-bond acceptors (Lipinski definition) is 3. The highest BCUT2D eigenvalue weighted by Gasteiger charge is 2.23. The van der Waals surface area contributed by atoms with Gasteiger partial charge in [-0.15, -0.1) is 0 Å². The van der Waals surface area contributed by atoms with Crippen LogP contribution in [-0.4, -0.2) is 23.9 Å². The monoisotopic (exact) mass is 254 g/mol. The van der Waals surface area contributed by atoms with Gasteiger partial charge in [0.1, 0.15) is 0 Å². The Morgan fingerprint density at radius 3 is 2.59 bits per heavy atom. The van der Waals surface area contributed by atoms with E-state index in [9.17, 15) is 4.79 Å². The molecule has 0 aliphatic heterocycles. The van der Waals surface area contributed by atoms with Crippen molar-refractivity contribution in [1.82, 2.24) is 5.32 Å². The molecule has 17 heavy (non-hydrogen) atoms. The second-order valence-electron chi connectivity index (χ2n) is 5.06. The summed E-state index contributed by atoms with van der Waals surface area (Å²) < 4.78 is 0. The summed E-state index contributed by atoms with van der Waals surface area (Å²) in [5.74, 6) is -0.0232. The molecular formula is C13H19ClN2O. The van der Waals surface area contributed by atoms with Gasteiger partial charge in [0.05, 0.1) is 6.04 Å². The average Bonchev–Trinajstić information content (AvgIpc) is 2.23. The fourth-order valence-corrected chi connectivity index (χ4v) is 1.79. The van der Waals surface area contributed by atoms with E-state index in [2.05, 4.69) is 5.32 Å². The van der Waals surface area contributed by atoms with E-state index in [0.29, 0.717) is 10.6 Å². The number of hydrogen-bond donors (Lipinski definition) is 2. The molecule has 3 N–H and O–H groups in total. The lowest BCUT2D eigenvalue weighted by molar-refractivity contribution is 0.0930. The Balaban J connectivity index is 2.87. The zero-order chi connectivity index (χ0) is 13.1. The Labute approximate surface area is 107 Å². The number of carbonyl (C=O) groups is 1. The van der Waals surface area contributed by atoms with Gasteiger partial charge in [-0.05, 0) is 32.9 Å². The molecule has 4 heteroatoms.